The van der Waals surface area contributed by atoms with Crippen molar-refractivity contribution < 1.29 is 0 Å². The zero-order valence-corrected chi connectivity index (χ0v) is 7.44. The van der Waals surface area contributed by atoms with Crippen molar-refractivity contribution in [2.75, 3.05) is 0 Å². The molecule has 0 aliphatic rings. The zero-order valence-electron chi connectivity index (χ0n) is 5.28. The molecule has 0 aliphatic carbocycles. The van der Waals surface area contributed by atoms with E-state index in [0.717, 1.165) is 3.70 Å². The van der Waals surface area contributed by atoms with Crippen LogP contribution >= 0.6 is 22.6 Å². The van der Waals surface area contributed by atoms with Crippen LogP contribution in [0.1, 0.15) is 0 Å². The van der Waals surface area contributed by atoms with Crippen molar-refractivity contribution in [3.63, 3.8) is 0 Å². The van der Waals surface area contributed by atoms with Gasteiger partial charge in [0.05, 0.1) is 0 Å². The predicted octanol–water partition coefficient (Wildman–Crippen LogP) is 0.0222. The highest BCUT2D eigenvalue weighted by molar-refractivity contribution is 14.1. The summed E-state index contributed by atoms with van der Waals surface area (Å²) in [5, 5.41) is 9.95. The smallest absolute Gasteiger partial charge is 0.244 e. The number of aromatic amines is 1. The lowest BCUT2D eigenvalue weighted by atomic mass is 10.6. The molecule has 0 fully saturated rings. The van der Waals surface area contributed by atoms with Gasteiger partial charge in [-0.2, -0.15) is 14.7 Å². The van der Waals surface area contributed by atoms with Crippen LogP contribution in [0, 0.1) is 3.70 Å². The fourth-order valence-electron chi connectivity index (χ4n) is 0.781. The van der Waals surface area contributed by atoms with E-state index in [9.17, 15) is 4.79 Å². The number of nitrogens with zero attached hydrogens (tertiary/aromatic N) is 3. The maximum Gasteiger partial charge on any atom is 0.364 e. The summed E-state index contributed by atoms with van der Waals surface area (Å²) < 4.78 is 1.99. The van der Waals surface area contributed by atoms with Crippen molar-refractivity contribution in [1.29, 1.82) is 0 Å². The van der Waals surface area contributed by atoms with Gasteiger partial charge in [0.15, 0.2) is 5.65 Å². The van der Waals surface area contributed by atoms with Crippen molar-refractivity contribution >= 4 is 28.2 Å². The Balaban J connectivity index is 2.99. The Morgan fingerprint density at radius 2 is 2.36 bits per heavy atom. The van der Waals surface area contributed by atoms with Crippen LogP contribution in [-0.2, 0) is 0 Å². The third kappa shape index (κ3) is 1.02. The van der Waals surface area contributed by atoms with E-state index < -0.39 is 0 Å². The average Bonchev–Trinajstić information content (AvgIpc) is 2.33. The van der Waals surface area contributed by atoms with Gasteiger partial charge in [-0.1, -0.05) is 0 Å². The first-order valence-corrected chi connectivity index (χ1v) is 3.95. The van der Waals surface area contributed by atoms with Gasteiger partial charge in [-0.3, -0.25) is 0 Å². The molecule has 1 N–H and O–H groups in total. The monoisotopic (exact) mass is 262 g/mol. The van der Waals surface area contributed by atoms with Crippen molar-refractivity contribution in [2.24, 2.45) is 0 Å². The molecule has 0 aliphatic heterocycles. The lowest BCUT2D eigenvalue weighted by molar-refractivity contribution is 0.863. The molecule has 0 saturated heterocycles. The molecule has 0 unspecified atom stereocenters. The summed E-state index contributed by atoms with van der Waals surface area (Å²) in [6.07, 6.45) is 0. The van der Waals surface area contributed by atoms with E-state index in [1.165, 1.54) is 4.52 Å². The second-order valence-electron chi connectivity index (χ2n) is 1.95. The summed E-state index contributed by atoms with van der Waals surface area (Å²) in [6, 6.07) is 3.52. The number of fused-ring (bicyclic) bond motifs is 1. The van der Waals surface area contributed by atoms with Gasteiger partial charge in [0.25, 0.3) is 0 Å². The molecule has 0 radical (unpaired) electrons. The number of halogens is 1. The largest absolute Gasteiger partial charge is 0.364 e. The minimum absolute atomic E-state index is 0.307. The van der Waals surface area contributed by atoms with E-state index in [1.807, 2.05) is 22.6 Å². The highest BCUT2D eigenvalue weighted by Crippen LogP contribution is 1.99. The maximum absolute atomic E-state index is 10.9. The third-order valence-corrected chi connectivity index (χ3v) is 1.82. The molecule has 0 spiro atoms. The lowest BCUT2D eigenvalue weighted by Gasteiger charge is -1.88. The molecule has 0 amide bonds. The van der Waals surface area contributed by atoms with Crippen LogP contribution in [0.3, 0.4) is 0 Å². The first-order valence-electron chi connectivity index (χ1n) is 2.87. The maximum atomic E-state index is 10.9. The minimum atomic E-state index is -0.307. The molecule has 2 aromatic rings. The number of hydrogen-bond acceptors (Lipinski definition) is 3. The molecular weight excluding hydrogens is 259 g/mol. The van der Waals surface area contributed by atoms with Crippen LogP contribution in [0.5, 0.6) is 0 Å². The standard InChI is InChI=1S/C5H3IN4O/c6-3-1-2-4-7-8-5(11)10(4)9-3/h1-2H,(H,8,11). The number of hydrogen-bond donors (Lipinski definition) is 1. The van der Waals surface area contributed by atoms with E-state index in [1.54, 1.807) is 12.1 Å². The molecule has 5 nitrogen and oxygen atoms in total. The summed E-state index contributed by atoms with van der Waals surface area (Å²) in [7, 11) is 0. The van der Waals surface area contributed by atoms with Crippen molar-refractivity contribution in [1.82, 2.24) is 19.8 Å². The molecule has 0 saturated carbocycles. The van der Waals surface area contributed by atoms with E-state index in [-0.39, 0.29) is 5.69 Å². The zero-order chi connectivity index (χ0) is 7.84. The number of nitrogens with one attached hydrogen (secondary N) is 1. The first-order chi connectivity index (χ1) is 5.27. The van der Waals surface area contributed by atoms with Gasteiger partial charge >= 0.3 is 5.69 Å². The van der Waals surface area contributed by atoms with Crippen LogP contribution in [0.4, 0.5) is 0 Å². The Morgan fingerprint density at radius 1 is 1.55 bits per heavy atom. The van der Waals surface area contributed by atoms with E-state index >= 15 is 0 Å². The second kappa shape index (κ2) is 2.29. The molecule has 56 valence electrons. The molecule has 0 atom stereocenters. The molecule has 11 heavy (non-hydrogen) atoms. The van der Waals surface area contributed by atoms with Gasteiger partial charge in [0, 0.05) is 0 Å². The SMILES string of the molecule is O=c1[nH]nc2ccc(I)nn12. The lowest BCUT2D eigenvalue weighted by Crippen LogP contribution is -2.12. The Morgan fingerprint density at radius 3 is 3.18 bits per heavy atom. The van der Waals surface area contributed by atoms with Crippen LogP contribution in [0.25, 0.3) is 5.65 Å². The highest BCUT2D eigenvalue weighted by atomic mass is 127. The topological polar surface area (TPSA) is 63.0 Å². The van der Waals surface area contributed by atoms with Crippen LogP contribution in [-0.4, -0.2) is 19.8 Å². The van der Waals surface area contributed by atoms with E-state index in [4.69, 9.17) is 0 Å². The molecule has 2 rings (SSSR count). The summed E-state index contributed by atoms with van der Waals surface area (Å²) in [5.74, 6) is 0. The second-order valence-corrected chi connectivity index (χ2v) is 3.06. The Hall–Kier alpha value is -0.920. The molecule has 2 aromatic heterocycles. The van der Waals surface area contributed by atoms with Gasteiger partial charge in [0.1, 0.15) is 3.70 Å². The quantitative estimate of drug-likeness (QED) is 0.681. The summed E-state index contributed by atoms with van der Waals surface area (Å²) >= 11 is 2.03. The summed E-state index contributed by atoms with van der Waals surface area (Å²) in [4.78, 5) is 10.9. The molecule has 0 bridgehead atoms. The summed E-state index contributed by atoms with van der Waals surface area (Å²) in [5.41, 5.74) is 0.230. The number of H-pyrrole nitrogens is 1. The molecule has 6 heteroatoms. The average molecular weight is 262 g/mol. The Bertz CT molecular complexity index is 445. The van der Waals surface area contributed by atoms with Gasteiger partial charge in [-0.05, 0) is 34.7 Å². The van der Waals surface area contributed by atoms with Crippen molar-refractivity contribution in [3.05, 3.63) is 26.3 Å². The van der Waals surface area contributed by atoms with Crippen molar-refractivity contribution in [2.45, 2.75) is 0 Å². The van der Waals surface area contributed by atoms with Crippen molar-refractivity contribution in [3.8, 4) is 0 Å². The third-order valence-electron chi connectivity index (χ3n) is 1.24. The van der Waals surface area contributed by atoms with Crippen LogP contribution in [0.2, 0.25) is 0 Å². The fraction of sp³-hybridized carbons (Fsp3) is 0. The van der Waals surface area contributed by atoms with Gasteiger partial charge < -0.3 is 0 Å². The predicted molar refractivity (Wildman–Crippen MR) is 46.3 cm³/mol. The first kappa shape index (κ1) is 6.77. The number of aromatic nitrogens is 4. The van der Waals surface area contributed by atoms with E-state index in [0.29, 0.717) is 5.65 Å². The summed E-state index contributed by atoms with van der Waals surface area (Å²) in [6.45, 7) is 0. The van der Waals surface area contributed by atoms with Gasteiger partial charge in [-0.15, -0.1) is 0 Å². The number of rotatable bonds is 0. The fourth-order valence-corrected chi connectivity index (χ4v) is 1.18. The highest BCUT2D eigenvalue weighted by Gasteiger charge is 1.99. The van der Waals surface area contributed by atoms with Crippen LogP contribution in [0.15, 0.2) is 16.9 Å². The minimum Gasteiger partial charge on any atom is -0.244 e. The van der Waals surface area contributed by atoms with Gasteiger partial charge in [-0.25, -0.2) is 9.89 Å². The Kier molecular flexibility index (Phi) is 1.41. The molecule has 0 aromatic carbocycles. The molecular formula is C5H3IN4O. The molecule has 2 heterocycles. The van der Waals surface area contributed by atoms with Gasteiger partial charge in [0.2, 0.25) is 0 Å². The normalized spacial score (nSPS) is 10.6. The van der Waals surface area contributed by atoms with E-state index in [2.05, 4.69) is 15.3 Å². The van der Waals surface area contributed by atoms with Crippen LogP contribution < -0.4 is 5.69 Å². The Labute approximate surface area is 74.6 Å².